The van der Waals surface area contributed by atoms with Crippen LogP contribution in [-0.4, -0.2) is 87.2 Å². The van der Waals surface area contributed by atoms with E-state index in [4.69, 9.17) is 21.7 Å². The Morgan fingerprint density at radius 2 is 1.64 bits per heavy atom. The molecular weight excluding hydrogens is 944 g/mol. The molecule has 2 fully saturated rings. The summed E-state index contributed by atoms with van der Waals surface area (Å²) in [6, 6.07) is 23.6. The lowest BCUT2D eigenvalue weighted by Crippen LogP contribution is -2.57. The van der Waals surface area contributed by atoms with Crippen LogP contribution < -0.4 is 29.9 Å². The molecule has 2 aliphatic rings. The average molecular weight is 996 g/mol. The van der Waals surface area contributed by atoms with Gasteiger partial charge in [-0.15, -0.1) is 11.3 Å². The first-order chi connectivity index (χ1) is 33.1. The Bertz CT molecular complexity index is 2820. The number of anilines is 2. The SMILES string of the molecule is Cc1ncsc1-c1ccc(CNC(=O)[C@@H]2C[C@@H](O)CN2C(=O)C(NC(=O)c2cccc(OCCCOc3ccc(N4C(=S)N(c5ccc(C#N)c(C(F)(F)F)c5)C(=O)C4(C)C)cc3)c2)C(C)(C)C)cc1. The lowest BCUT2D eigenvalue weighted by Gasteiger charge is -2.35. The number of nitrogens with one attached hydrogen (secondary N) is 2. The summed E-state index contributed by atoms with van der Waals surface area (Å²) >= 11 is 7.19. The minimum absolute atomic E-state index is 0.0299. The molecule has 3 N–H and O–H groups in total. The van der Waals surface area contributed by atoms with Gasteiger partial charge in [-0.25, -0.2) is 4.98 Å². The van der Waals surface area contributed by atoms with E-state index in [2.05, 4.69) is 15.6 Å². The molecule has 4 amide bonds. The van der Waals surface area contributed by atoms with Gasteiger partial charge in [-0.2, -0.15) is 18.4 Å². The lowest BCUT2D eigenvalue weighted by molar-refractivity contribution is -0.142. The number of hydrogen-bond acceptors (Lipinski definition) is 11. The number of β-amino-alcohol motifs (C(OH)–C–C–N with tert-alkyl or cyclic N) is 1. The van der Waals surface area contributed by atoms with Crippen molar-refractivity contribution in [2.24, 2.45) is 5.41 Å². The van der Waals surface area contributed by atoms with Crippen LogP contribution >= 0.6 is 23.6 Å². The lowest BCUT2D eigenvalue weighted by atomic mass is 9.85. The summed E-state index contributed by atoms with van der Waals surface area (Å²) in [6.07, 6.45) is -5.23. The second-order valence-corrected chi connectivity index (χ2v) is 19.8. The standard InChI is InChI=1S/C51H52F3N7O7S2/c1-30-42(70-29-57-30)32-13-11-31(12-14-32)27-56-45(64)41-25-37(62)28-59(41)46(65)43(49(2,3)4)58-44(63)33-9-7-10-39(23-33)68-22-8-21-67-38-19-17-35(18-20-38)61-48(69)60(47(66)50(61,5)6)36-16-15-34(26-55)40(24-36)51(52,53)54/h7,9-20,23-24,29,37,41,43,62H,8,21-22,25,27-28H2,1-6H3,(H,56,64)(H,58,63)/t37-,41+,43?/m1/s1. The van der Waals surface area contributed by atoms with Gasteiger partial charge in [0.1, 0.15) is 29.1 Å². The van der Waals surface area contributed by atoms with Crippen molar-refractivity contribution in [3.63, 3.8) is 0 Å². The number of rotatable bonds is 15. The topological polar surface area (TPSA) is 177 Å². The zero-order valence-corrected chi connectivity index (χ0v) is 40.9. The predicted octanol–water partition coefficient (Wildman–Crippen LogP) is 8.20. The Labute approximate surface area is 413 Å². The Morgan fingerprint density at radius 3 is 2.27 bits per heavy atom. The third-order valence-corrected chi connectivity index (χ3v) is 13.4. The normalized spacial score (nSPS) is 17.3. The number of nitriles is 1. The van der Waals surface area contributed by atoms with Crippen LogP contribution in [0.3, 0.4) is 0 Å². The summed E-state index contributed by atoms with van der Waals surface area (Å²) in [5.41, 5.74) is 1.51. The minimum Gasteiger partial charge on any atom is -0.493 e. The van der Waals surface area contributed by atoms with Crippen LogP contribution in [0, 0.1) is 23.7 Å². The highest BCUT2D eigenvalue weighted by Crippen LogP contribution is 2.40. The van der Waals surface area contributed by atoms with Crippen LogP contribution in [0.15, 0.2) is 96.5 Å². The number of aliphatic hydroxyl groups excluding tert-OH is 1. The highest BCUT2D eigenvalue weighted by Gasteiger charge is 2.51. The first-order valence-corrected chi connectivity index (χ1v) is 23.7. The van der Waals surface area contributed by atoms with E-state index in [-0.39, 0.29) is 49.1 Å². The second kappa shape index (κ2) is 20.6. The smallest absolute Gasteiger partial charge is 0.417 e. The molecule has 0 aliphatic carbocycles. The zero-order valence-electron chi connectivity index (χ0n) is 39.3. The fourth-order valence-electron chi connectivity index (χ4n) is 8.31. The summed E-state index contributed by atoms with van der Waals surface area (Å²) in [5, 5.41) is 25.6. The van der Waals surface area contributed by atoms with Crippen LogP contribution in [0.5, 0.6) is 11.5 Å². The number of thiocarbonyl (C=S) groups is 1. The van der Waals surface area contributed by atoms with Gasteiger partial charge in [0, 0.05) is 37.2 Å². The third kappa shape index (κ3) is 11.1. The zero-order chi connectivity index (χ0) is 50.7. The van der Waals surface area contributed by atoms with Crippen LogP contribution in [-0.2, 0) is 27.1 Å². The highest BCUT2D eigenvalue weighted by molar-refractivity contribution is 7.81. The van der Waals surface area contributed by atoms with Gasteiger partial charge in [0.2, 0.25) is 11.8 Å². The van der Waals surface area contributed by atoms with Crippen LogP contribution in [0.2, 0.25) is 0 Å². The minimum atomic E-state index is -4.82. The van der Waals surface area contributed by atoms with Gasteiger partial charge in [-0.05, 0) is 110 Å². The highest BCUT2D eigenvalue weighted by atomic mass is 32.1. The number of benzene rings is 4. The molecule has 3 heterocycles. The summed E-state index contributed by atoms with van der Waals surface area (Å²) in [5.74, 6) is -1.05. The number of alkyl halides is 3. The first-order valence-electron chi connectivity index (χ1n) is 22.4. The van der Waals surface area contributed by atoms with Crippen molar-refractivity contribution in [2.75, 3.05) is 29.6 Å². The molecular formula is C51H52F3N7O7S2. The number of carbonyl (C=O) groups is 4. The molecule has 70 heavy (non-hydrogen) atoms. The van der Waals surface area contributed by atoms with Crippen LogP contribution in [0.25, 0.3) is 10.4 Å². The van der Waals surface area contributed by atoms with Gasteiger partial charge in [-0.1, -0.05) is 51.1 Å². The molecule has 14 nitrogen and oxygen atoms in total. The van der Waals surface area contributed by atoms with Gasteiger partial charge >= 0.3 is 6.18 Å². The van der Waals surface area contributed by atoms with Gasteiger partial charge < -0.3 is 35.0 Å². The van der Waals surface area contributed by atoms with Crippen LogP contribution in [0.1, 0.15) is 80.2 Å². The van der Waals surface area contributed by atoms with Gasteiger partial charge in [0.15, 0.2) is 5.11 Å². The fraction of sp³-hybridized carbons (Fsp3) is 0.353. The number of hydrogen-bond donors (Lipinski definition) is 3. The van der Waals surface area contributed by atoms with E-state index in [9.17, 15) is 42.7 Å². The van der Waals surface area contributed by atoms with Crippen molar-refractivity contribution in [1.82, 2.24) is 20.5 Å². The second-order valence-electron chi connectivity index (χ2n) is 18.6. The maximum atomic E-state index is 14.2. The Balaban J connectivity index is 0.905. The van der Waals surface area contributed by atoms with E-state index < -0.39 is 70.1 Å². The van der Waals surface area contributed by atoms with E-state index >= 15 is 0 Å². The molecule has 4 aromatic carbocycles. The Kier molecular flexibility index (Phi) is 15.0. The maximum Gasteiger partial charge on any atom is 0.417 e. The molecule has 0 saturated carbocycles. The average Bonchev–Trinajstić information content (AvgIpc) is 3.98. The van der Waals surface area contributed by atoms with Gasteiger partial charge in [-0.3, -0.25) is 24.1 Å². The number of thiazole rings is 1. The number of likely N-dealkylation sites (tertiary alicyclic amines) is 1. The summed E-state index contributed by atoms with van der Waals surface area (Å²) in [4.78, 5) is 64.4. The molecule has 7 rings (SSSR count). The van der Waals surface area contributed by atoms with Crippen molar-refractivity contribution in [3.8, 4) is 28.0 Å². The van der Waals surface area contributed by atoms with E-state index in [1.807, 2.05) is 52.0 Å². The number of aryl methyl sites for hydroxylation is 1. The fourth-order valence-corrected chi connectivity index (χ4v) is 9.65. The largest absolute Gasteiger partial charge is 0.493 e. The van der Waals surface area contributed by atoms with Crippen molar-refractivity contribution >= 4 is 63.7 Å². The molecule has 1 unspecified atom stereocenters. The molecule has 3 atom stereocenters. The number of aliphatic hydroxyl groups is 1. The predicted molar refractivity (Wildman–Crippen MR) is 262 cm³/mol. The van der Waals surface area contributed by atoms with Crippen molar-refractivity contribution in [3.05, 3.63) is 124 Å². The van der Waals surface area contributed by atoms with E-state index in [0.717, 1.165) is 38.7 Å². The third-order valence-electron chi connectivity index (χ3n) is 12.1. The molecule has 1 aromatic heterocycles. The molecule has 19 heteroatoms. The number of aromatic nitrogens is 1. The number of ether oxygens (including phenoxy) is 2. The Morgan fingerprint density at radius 1 is 0.971 bits per heavy atom. The van der Waals surface area contributed by atoms with E-state index in [1.165, 1.54) is 11.0 Å². The van der Waals surface area contributed by atoms with Crippen molar-refractivity contribution in [1.29, 1.82) is 5.26 Å². The van der Waals surface area contributed by atoms with Crippen LogP contribution in [0.4, 0.5) is 24.5 Å². The molecule has 0 bridgehead atoms. The van der Waals surface area contributed by atoms with Gasteiger partial charge in [0.25, 0.3) is 11.8 Å². The molecule has 2 aliphatic heterocycles. The van der Waals surface area contributed by atoms with E-state index in [1.54, 1.807) is 90.2 Å². The Hall–Kier alpha value is -6.88. The quantitative estimate of drug-likeness (QED) is 0.0681. The molecule has 0 spiro atoms. The molecule has 5 aromatic rings. The summed E-state index contributed by atoms with van der Waals surface area (Å²) in [7, 11) is 0. The van der Waals surface area contributed by atoms with Gasteiger partial charge in [0.05, 0.1) is 58.3 Å². The molecule has 366 valence electrons. The molecule has 0 radical (unpaired) electrons. The maximum absolute atomic E-state index is 14.2. The first kappa shape index (κ1) is 51.0. The monoisotopic (exact) mass is 995 g/mol. The number of nitrogens with zero attached hydrogens (tertiary/aromatic N) is 5. The number of carbonyl (C=O) groups excluding carboxylic acids is 4. The summed E-state index contributed by atoms with van der Waals surface area (Å²) < 4.78 is 53.1. The van der Waals surface area contributed by atoms with E-state index in [0.29, 0.717) is 23.6 Å². The number of halogens is 3. The molecule has 2 saturated heterocycles. The van der Waals surface area contributed by atoms with Crippen molar-refractivity contribution in [2.45, 2.75) is 90.8 Å². The number of amides is 4. The summed E-state index contributed by atoms with van der Waals surface area (Å²) in [6.45, 7) is 11.2. The van der Waals surface area contributed by atoms with Crippen molar-refractivity contribution < 1.29 is 46.9 Å².